The minimum absolute atomic E-state index is 0.126. The first-order chi connectivity index (χ1) is 11.5. The number of nitrogens with two attached hydrogens (primary N) is 1. The van der Waals surface area contributed by atoms with E-state index in [1.165, 1.54) is 6.26 Å². The van der Waals surface area contributed by atoms with Gasteiger partial charge in [0.2, 0.25) is 0 Å². The lowest BCUT2D eigenvalue weighted by Crippen LogP contribution is -2.48. The molecule has 0 unspecified atom stereocenters. The monoisotopic (exact) mass is 324 g/mol. The van der Waals surface area contributed by atoms with Gasteiger partial charge in [0.25, 0.3) is 0 Å². The maximum Gasteiger partial charge on any atom is 0.337 e. The Labute approximate surface area is 138 Å². The lowest BCUT2D eigenvalue weighted by atomic mass is 9.59. The van der Waals surface area contributed by atoms with E-state index in [2.05, 4.69) is 0 Å². The molecule has 2 aliphatic rings. The summed E-state index contributed by atoms with van der Waals surface area (Å²) in [6.45, 7) is 1.08. The first-order valence-corrected chi connectivity index (χ1v) is 7.44. The number of carboxylic acids is 1. The van der Waals surface area contributed by atoms with Crippen molar-refractivity contribution in [3.63, 3.8) is 0 Å². The number of nitrogens with zero attached hydrogens (tertiary/aromatic N) is 3. The van der Waals surface area contributed by atoms with Crippen LogP contribution in [0.25, 0.3) is 0 Å². The Hall–Kier alpha value is -3.03. The molecule has 0 radical (unpaired) electrons. The molecular weight excluding hydrogens is 308 g/mol. The quantitative estimate of drug-likeness (QED) is 0.836. The molecule has 0 saturated carbocycles. The lowest BCUT2D eigenvalue weighted by molar-refractivity contribution is -0.132. The molecule has 1 aliphatic heterocycles. The number of furan rings is 1. The van der Waals surface area contributed by atoms with Crippen molar-refractivity contribution in [3.05, 3.63) is 47.1 Å². The minimum Gasteiger partial charge on any atom is -0.478 e. The molecule has 2 atom stereocenters. The third-order valence-corrected chi connectivity index (χ3v) is 4.80. The fourth-order valence-electron chi connectivity index (χ4n) is 3.71. The third-order valence-electron chi connectivity index (χ3n) is 4.80. The number of likely N-dealkylation sites (N-methyl/N-ethyl adjacent to an activating group) is 1. The summed E-state index contributed by atoms with van der Waals surface area (Å²) in [4.78, 5) is 13.8. The number of allylic oxidation sites excluding steroid dienone is 1. The first kappa shape index (κ1) is 15.9. The maximum absolute atomic E-state index is 11.8. The van der Waals surface area contributed by atoms with Crippen LogP contribution in [0.4, 0.5) is 0 Å². The van der Waals surface area contributed by atoms with Gasteiger partial charge in [-0.2, -0.15) is 10.5 Å². The molecule has 24 heavy (non-hydrogen) atoms. The molecule has 0 spiro atoms. The fourth-order valence-corrected chi connectivity index (χ4v) is 3.71. The predicted octanol–water partition coefficient (Wildman–Crippen LogP) is 1.20. The van der Waals surface area contributed by atoms with Crippen LogP contribution >= 0.6 is 0 Å². The molecule has 3 rings (SSSR count). The number of fused-ring (bicyclic) bond motifs is 1. The smallest absolute Gasteiger partial charge is 0.337 e. The number of carboxylic acid groups (broad SMARTS) is 1. The molecule has 1 aliphatic carbocycles. The van der Waals surface area contributed by atoms with E-state index < -0.39 is 17.3 Å². The molecule has 122 valence electrons. The highest BCUT2D eigenvalue weighted by atomic mass is 16.4. The summed E-state index contributed by atoms with van der Waals surface area (Å²) in [5.41, 5.74) is 4.52. The van der Waals surface area contributed by atoms with Gasteiger partial charge in [-0.25, -0.2) is 4.79 Å². The second-order valence-corrected chi connectivity index (χ2v) is 6.11. The van der Waals surface area contributed by atoms with E-state index in [4.69, 9.17) is 10.2 Å². The van der Waals surface area contributed by atoms with Crippen LogP contribution in [-0.2, 0) is 4.79 Å². The van der Waals surface area contributed by atoms with Gasteiger partial charge in [0, 0.05) is 19.0 Å². The van der Waals surface area contributed by atoms with Crippen molar-refractivity contribution in [3.8, 4) is 12.1 Å². The number of carbonyl (C=O) groups is 1. The molecule has 1 aromatic rings. The summed E-state index contributed by atoms with van der Waals surface area (Å²) in [6, 6.07) is 7.32. The van der Waals surface area contributed by atoms with Gasteiger partial charge in [0.15, 0.2) is 5.41 Å². The summed E-state index contributed by atoms with van der Waals surface area (Å²) >= 11 is 0. The van der Waals surface area contributed by atoms with Crippen LogP contribution in [0.15, 0.2) is 45.7 Å². The number of rotatable bonds is 2. The van der Waals surface area contributed by atoms with Gasteiger partial charge in [-0.15, -0.1) is 0 Å². The van der Waals surface area contributed by atoms with Crippen LogP contribution in [0.1, 0.15) is 11.7 Å². The van der Waals surface area contributed by atoms with E-state index in [9.17, 15) is 20.4 Å². The Balaban J connectivity index is 2.35. The standard InChI is InChI=1S/C17H16N4O3/c1-21-5-4-10-11(7-21)14(12-3-2-6-24-12)17(8-18,9-19)15(20)13(10)16(22)23/h2-4,6,11,14H,5,7,20H2,1H3,(H,22,23)/t11-,14+/m0/s1. The van der Waals surface area contributed by atoms with Crippen molar-refractivity contribution in [1.82, 2.24) is 4.90 Å². The second-order valence-electron chi connectivity index (χ2n) is 6.11. The second kappa shape index (κ2) is 5.55. The van der Waals surface area contributed by atoms with Gasteiger partial charge in [0.1, 0.15) is 5.76 Å². The highest BCUT2D eigenvalue weighted by Crippen LogP contribution is 2.54. The van der Waals surface area contributed by atoms with Gasteiger partial charge in [-0.1, -0.05) is 6.08 Å². The highest BCUT2D eigenvalue weighted by molar-refractivity contribution is 5.94. The summed E-state index contributed by atoms with van der Waals surface area (Å²) in [6.07, 6.45) is 3.27. The Morgan fingerprint density at radius 2 is 2.21 bits per heavy atom. The van der Waals surface area contributed by atoms with Crippen molar-refractivity contribution >= 4 is 5.97 Å². The minimum atomic E-state index is -1.79. The molecule has 0 amide bonds. The molecule has 1 aromatic heterocycles. The van der Waals surface area contributed by atoms with Crippen LogP contribution in [0, 0.1) is 34.0 Å². The van der Waals surface area contributed by atoms with Gasteiger partial charge >= 0.3 is 5.97 Å². The van der Waals surface area contributed by atoms with E-state index >= 15 is 0 Å². The fraction of sp³-hybridized carbons (Fsp3) is 0.353. The van der Waals surface area contributed by atoms with Crippen molar-refractivity contribution in [2.45, 2.75) is 5.92 Å². The van der Waals surface area contributed by atoms with Crippen LogP contribution in [0.3, 0.4) is 0 Å². The molecule has 0 saturated heterocycles. The number of nitriles is 2. The molecule has 7 heteroatoms. The summed E-state index contributed by atoms with van der Waals surface area (Å²) in [7, 11) is 1.90. The molecular formula is C17H16N4O3. The van der Waals surface area contributed by atoms with E-state index in [0.29, 0.717) is 24.4 Å². The van der Waals surface area contributed by atoms with E-state index in [1.54, 1.807) is 18.2 Å². The zero-order valence-electron chi connectivity index (χ0n) is 13.1. The van der Waals surface area contributed by atoms with E-state index in [0.717, 1.165) is 0 Å². The van der Waals surface area contributed by atoms with Crippen molar-refractivity contribution in [2.24, 2.45) is 17.1 Å². The van der Waals surface area contributed by atoms with Crippen LogP contribution in [0.5, 0.6) is 0 Å². The first-order valence-electron chi connectivity index (χ1n) is 7.44. The predicted molar refractivity (Wildman–Crippen MR) is 83.0 cm³/mol. The highest BCUT2D eigenvalue weighted by Gasteiger charge is 2.56. The number of hydrogen-bond acceptors (Lipinski definition) is 6. The SMILES string of the molecule is CN1CC=C2C(C(=O)O)=C(N)C(C#N)(C#N)[C@@H](c3ccco3)[C@H]2C1. The van der Waals surface area contributed by atoms with E-state index in [1.807, 2.05) is 24.1 Å². The average molecular weight is 324 g/mol. The van der Waals surface area contributed by atoms with Crippen molar-refractivity contribution < 1.29 is 14.3 Å². The van der Waals surface area contributed by atoms with Crippen LogP contribution in [-0.4, -0.2) is 36.1 Å². The molecule has 0 fully saturated rings. The summed E-state index contributed by atoms with van der Waals surface area (Å²) in [5, 5.41) is 29.2. The largest absolute Gasteiger partial charge is 0.478 e. The Morgan fingerprint density at radius 1 is 1.50 bits per heavy atom. The molecule has 3 N–H and O–H groups in total. The van der Waals surface area contributed by atoms with Gasteiger partial charge < -0.3 is 20.2 Å². The van der Waals surface area contributed by atoms with Gasteiger partial charge in [0.05, 0.1) is 35.6 Å². The topological polar surface area (TPSA) is 127 Å². The zero-order chi connectivity index (χ0) is 17.5. The summed E-state index contributed by atoms with van der Waals surface area (Å²) in [5.74, 6) is -1.80. The van der Waals surface area contributed by atoms with Gasteiger partial charge in [-0.3, -0.25) is 0 Å². The van der Waals surface area contributed by atoms with Crippen LogP contribution in [0.2, 0.25) is 0 Å². The zero-order valence-corrected chi connectivity index (χ0v) is 13.1. The van der Waals surface area contributed by atoms with Gasteiger partial charge in [-0.05, 0) is 24.8 Å². The van der Waals surface area contributed by atoms with E-state index in [-0.39, 0.29) is 17.2 Å². The Bertz CT molecular complexity index is 809. The molecule has 7 nitrogen and oxygen atoms in total. The van der Waals surface area contributed by atoms with Crippen molar-refractivity contribution in [1.29, 1.82) is 10.5 Å². The number of aliphatic carboxylic acids is 1. The summed E-state index contributed by atoms with van der Waals surface area (Å²) < 4.78 is 5.49. The number of hydrogen-bond donors (Lipinski definition) is 2. The molecule has 2 heterocycles. The average Bonchev–Trinajstić information content (AvgIpc) is 3.07. The Kier molecular flexibility index (Phi) is 3.67. The molecule has 0 bridgehead atoms. The lowest BCUT2D eigenvalue weighted by Gasteiger charge is -2.44. The van der Waals surface area contributed by atoms with Crippen molar-refractivity contribution in [2.75, 3.05) is 20.1 Å². The Morgan fingerprint density at radius 3 is 2.75 bits per heavy atom. The maximum atomic E-state index is 11.8. The van der Waals surface area contributed by atoms with Crippen LogP contribution < -0.4 is 5.73 Å². The normalized spacial score (nSPS) is 26.0. The third kappa shape index (κ3) is 2.03. The molecule has 0 aromatic carbocycles.